The van der Waals surface area contributed by atoms with Crippen molar-refractivity contribution < 1.29 is 28.2 Å². The fourth-order valence-electron chi connectivity index (χ4n) is 4.87. The lowest BCUT2D eigenvalue weighted by molar-refractivity contribution is -0.153. The van der Waals surface area contributed by atoms with Gasteiger partial charge >= 0.3 is 12.1 Å². The van der Waals surface area contributed by atoms with Crippen LogP contribution in [0.5, 0.6) is 5.75 Å². The van der Waals surface area contributed by atoms with Crippen molar-refractivity contribution in [1.29, 1.82) is 0 Å². The number of hydrogen-bond donors (Lipinski definition) is 1. The van der Waals surface area contributed by atoms with Gasteiger partial charge < -0.3 is 19.5 Å². The van der Waals surface area contributed by atoms with Gasteiger partial charge in [-0.2, -0.15) is 0 Å². The van der Waals surface area contributed by atoms with Gasteiger partial charge in [-0.1, -0.05) is 48.6 Å². The molecule has 0 radical (unpaired) electrons. The Hall–Kier alpha value is -4.98. The number of aromatic nitrogens is 1. The van der Waals surface area contributed by atoms with E-state index in [1.807, 2.05) is 87.5 Å². The Bertz CT molecular complexity index is 1720. The van der Waals surface area contributed by atoms with E-state index in [0.29, 0.717) is 28.0 Å². The lowest BCUT2D eigenvalue weighted by Crippen LogP contribution is -2.34. The minimum Gasteiger partial charge on any atom is -0.489 e. The van der Waals surface area contributed by atoms with E-state index < -0.39 is 29.2 Å². The molecule has 0 bridgehead atoms. The van der Waals surface area contributed by atoms with Crippen molar-refractivity contribution in [2.75, 3.05) is 0 Å². The summed E-state index contributed by atoms with van der Waals surface area (Å²) < 4.78 is 33.3. The second-order valence-corrected chi connectivity index (χ2v) is 13.3. The summed E-state index contributed by atoms with van der Waals surface area (Å²) in [4.78, 5) is 29.1. The molecule has 1 N–H and O–H groups in total. The smallest absolute Gasteiger partial charge is 0.408 e. The predicted molar refractivity (Wildman–Crippen MR) is 183 cm³/mol. The van der Waals surface area contributed by atoms with Gasteiger partial charge in [0, 0.05) is 29.1 Å². The predicted octanol–water partition coefficient (Wildman–Crippen LogP) is 9.11. The molecule has 1 atom stereocenters. The molecular formula is C39H43FN2O5. The van der Waals surface area contributed by atoms with Crippen LogP contribution in [0.15, 0.2) is 85.2 Å². The lowest BCUT2D eigenvalue weighted by Gasteiger charge is -2.22. The third-order valence-electron chi connectivity index (χ3n) is 6.85. The fraction of sp³-hybridized carbons (Fsp3) is 0.308. The molecule has 4 aromatic rings. The number of carbonyl (C=O) groups is 2. The first-order valence-corrected chi connectivity index (χ1v) is 15.6. The Kier molecular flexibility index (Phi) is 11.2. The highest BCUT2D eigenvalue weighted by atomic mass is 19.1. The number of pyridine rings is 1. The summed E-state index contributed by atoms with van der Waals surface area (Å²) in [5, 5.41) is 2.73. The summed E-state index contributed by atoms with van der Waals surface area (Å²) in [7, 11) is 0. The van der Waals surface area contributed by atoms with Crippen molar-refractivity contribution in [2.45, 2.75) is 78.7 Å². The molecule has 3 aromatic carbocycles. The summed E-state index contributed by atoms with van der Waals surface area (Å²) in [6, 6.07) is 21.4. The van der Waals surface area contributed by atoms with Gasteiger partial charge in [0.15, 0.2) is 0 Å². The van der Waals surface area contributed by atoms with Gasteiger partial charge in [0.05, 0.1) is 12.5 Å². The average molecular weight is 639 g/mol. The Labute approximate surface area is 276 Å². The van der Waals surface area contributed by atoms with Gasteiger partial charge in [-0.15, -0.1) is 0 Å². The van der Waals surface area contributed by atoms with Crippen LogP contribution in [0.1, 0.15) is 82.3 Å². The normalized spacial score (nSPS) is 12.4. The third-order valence-corrected chi connectivity index (χ3v) is 6.85. The van der Waals surface area contributed by atoms with Crippen molar-refractivity contribution in [3.63, 3.8) is 0 Å². The zero-order valence-corrected chi connectivity index (χ0v) is 28.1. The highest BCUT2D eigenvalue weighted by molar-refractivity contribution is 5.76. The zero-order chi connectivity index (χ0) is 34.2. The quantitative estimate of drug-likeness (QED) is 0.174. The molecule has 0 saturated heterocycles. The van der Waals surface area contributed by atoms with E-state index in [2.05, 4.69) is 10.3 Å². The van der Waals surface area contributed by atoms with Crippen molar-refractivity contribution in [3.8, 4) is 16.9 Å². The Morgan fingerprint density at radius 1 is 0.851 bits per heavy atom. The molecule has 1 aromatic heterocycles. The second kappa shape index (κ2) is 15.1. The van der Waals surface area contributed by atoms with Crippen LogP contribution in [0.25, 0.3) is 23.3 Å². The fourth-order valence-corrected chi connectivity index (χ4v) is 4.87. The topological polar surface area (TPSA) is 86.8 Å². The Morgan fingerprint density at radius 2 is 1.53 bits per heavy atom. The van der Waals surface area contributed by atoms with E-state index in [0.717, 1.165) is 16.7 Å². The van der Waals surface area contributed by atoms with Crippen LogP contribution in [0.4, 0.5) is 9.18 Å². The van der Waals surface area contributed by atoms with Gasteiger partial charge in [0.25, 0.3) is 0 Å². The minimum absolute atomic E-state index is 0.0704. The number of para-hydroxylation sites is 1. The van der Waals surface area contributed by atoms with E-state index in [4.69, 9.17) is 14.2 Å². The standard InChI is InChI=1S/C39H43FN2O5/c1-26(42-37(44)47-39(5,6)7)32-12-10-13-33(36(32)40)31-22-28(16-15-27-17-19-41-20-18-27)21-29(23-31)25-45-34-14-9-8-11-30(34)24-35(43)46-38(2,3)4/h8-23,26H,24-25H2,1-7H3,(H,42,44)/t26-/m0/s1. The Balaban J connectivity index is 1.65. The maximum Gasteiger partial charge on any atom is 0.408 e. The van der Waals surface area contributed by atoms with Crippen molar-refractivity contribution in [1.82, 2.24) is 10.3 Å². The molecule has 47 heavy (non-hydrogen) atoms. The first-order valence-electron chi connectivity index (χ1n) is 15.6. The van der Waals surface area contributed by atoms with E-state index in [-0.39, 0.29) is 19.0 Å². The first-order chi connectivity index (χ1) is 22.2. The number of esters is 1. The summed E-state index contributed by atoms with van der Waals surface area (Å²) in [6.45, 7) is 12.7. The van der Waals surface area contributed by atoms with E-state index in [9.17, 15) is 9.59 Å². The molecular weight excluding hydrogens is 595 g/mol. The average Bonchev–Trinajstić information content (AvgIpc) is 2.98. The van der Waals surface area contributed by atoms with Gasteiger partial charge in [-0.3, -0.25) is 9.78 Å². The van der Waals surface area contributed by atoms with Crippen LogP contribution in [0, 0.1) is 5.82 Å². The maximum atomic E-state index is 16.2. The number of ether oxygens (including phenoxy) is 3. The highest BCUT2D eigenvalue weighted by Gasteiger charge is 2.22. The molecule has 0 unspecified atom stereocenters. The van der Waals surface area contributed by atoms with Crippen LogP contribution in [0.2, 0.25) is 0 Å². The number of halogens is 1. The molecule has 1 amide bonds. The van der Waals surface area contributed by atoms with Crippen LogP contribution in [-0.2, 0) is 27.3 Å². The van der Waals surface area contributed by atoms with Crippen LogP contribution in [0.3, 0.4) is 0 Å². The number of rotatable bonds is 10. The molecule has 0 aliphatic heterocycles. The van der Waals surface area contributed by atoms with Crippen molar-refractivity contribution in [3.05, 3.63) is 119 Å². The molecule has 0 aliphatic carbocycles. The van der Waals surface area contributed by atoms with Gasteiger partial charge in [0.1, 0.15) is 29.4 Å². The monoisotopic (exact) mass is 638 g/mol. The molecule has 8 heteroatoms. The number of carbonyl (C=O) groups excluding carboxylic acids is 2. The number of nitrogens with one attached hydrogen (secondary N) is 1. The number of amides is 1. The number of nitrogens with zero attached hydrogens (tertiary/aromatic N) is 1. The van der Waals surface area contributed by atoms with E-state index in [1.54, 1.807) is 58.3 Å². The summed E-state index contributed by atoms with van der Waals surface area (Å²) in [6.07, 6.45) is 6.80. The van der Waals surface area contributed by atoms with Crippen LogP contribution in [-0.4, -0.2) is 28.2 Å². The molecule has 7 nitrogen and oxygen atoms in total. The van der Waals surface area contributed by atoms with Crippen molar-refractivity contribution in [2.24, 2.45) is 0 Å². The highest BCUT2D eigenvalue weighted by Crippen LogP contribution is 2.31. The summed E-state index contributed by atoms with van der Waals surface area (Å²) in [5.41, 5.74) is 3.40. The van der Waals surface area contributed by atoms with E-state index >= 15 is 4.39 Å². The zero-order valence-electron chi connectivity index (χ0n) is 28.1. The van der Waals surface area contributed by atoms with Gasteiger partial charge in [-0.25, -0.2) is 9.18 Å². The molecule has 0 spiro atoms. The number of benzene rings is 3. The maximum absolute atomic E-state index is 16.2. The number of hydrogen-bond acceptors (Lipinski definition) is 6. The molecule has 0 fully saturated rings. The SMILES string of the molecule is C[C@H](NC(=O)OC(C)(C)C)c1cccc(-c2cc(C=Cc3ccncc3)cc(COc3ccccc3CC(=O)OC(C)(C)C)c2)c1F. The summed E-state index contributed by atoms with van der Waals surface area (Å²) in [5.74, 6) is -0.224. The third kappa shape index (κ3) is 10.8. The first kappa shape index (κ1) is 34.9. The van der Waals surface area contributed by atoms with Gasteiger partial charge in [0.2, 0.25) is 0 Å². The van der Waals surface area contributed by atoms with Crippen molar-refractivity contribution >= 4 is 24.2 Å². The molecule has 246 valence electrons. The van der Waals surface area contributed by atoms with Gasteiger partial charge in [-0.05, 0) is 107 Å². The minimum atomic E-state index is -0.677. The Morgan fingerprint density at radius 3 is 2.23 bits per heavy atom. The molecule has 0 saturated carbocycles. The van der Waals surface area contributed by atoms with Crippen LogP contribution < -0.4 is 10.1 Å². The van der Waals surface area contributed by atoms with E-state index in [1.165, 1.54) is 0 Å². The van der Waals surface area contributed by atoms with Crippen LogP contribution >= 0.6 is 0 Å². The number of alkyl carbamates (subject to hydrolysis) is 1. The lowest BCUT2D eigenvalue weighted by atomic mass is 9.95. The second-order valence-electron chi connectivity index (χ2n) is 13.3. The molecule has 4 rings (SSSR count). The summed E-state index contributed by atoms with van der Waals surface area (Å²) >= 11 is 0. The molecule has 0 aliphatic rings. The molecule has 1 heterocycles. The largest absolute Gasteiger partial charge is 0.489 e.